The van der Waals surface area contributed by atoms with E-state index in [1.165, 1.54) is 5.56 Å². The zero-order valence-corrected chi connectivity index (χ0v) is 10.5. The van der Waals surface area contributed by atoms with Crippen LogP contribution in [-0.4, -0.2) is 23.2 Å². The van der Waals surface area contributed by atoms with Crippen molar-refractivity contribution in [3.05, 3.63) is 24.0 Å². The van der Waals surface area contributed by atoms with Crippen LogP contribution in [0.15, 0.2) is 18.5 Å². The summed E-state index contributed by atoms with van der Waals surface area (Å²) in [6.45, 7) is 7.33. The molecule has 1 rings (SSSR count). The molecule has 0 radical (unpaired) electrons. The number of anilines is 1. The van der Waals surface area contributed by atoms with Crippen molar-refractivity contribution in [1.29, 1.82) is 0 Å². The van der Waals surface area contributed by atoms with Crippen molar-refractivity contribution < 1.29 is 5.11 Å². The SMILES string of the molecule is CCC(CC)(CO)CNc1cnccc1C. The van der Waals surface area contributed by atoms with E-state index in [1.807, 2.05) is 12.3 Å². The monoisotopic (exact) mass is 222 g/mol. The maximum absolute atomic E-state index is 9.47. The lowest BCUT2D eigenvalue weighted by Gasteiger charge is -2.30. The van der Waals surface area contributed by atoms with Crippen LogP contribution in [-0.2, 0) is 0 Å². The smallest absolute Gasteiger partial charge is 0.0556 e. The summed E-state index contributed by atoms with van der Waals surface area (Å²) in [5.41, 5.74) is 2.23. The molecule has 0 saturated carbocycles. The summed E-state index contributed by atoms with van der Waals surface area (Å²) in [5.74, 6) is 0. The highest BCUT2D eigenvalue weighted by molar-refractivity contribution is 5.48. The summed E-state index contributed by atoms with van der Waals surface area (Å²) < 4.78 is 0. The van der Waals surface area contributed by atoms with Crippen molar-refractivity contribution in [1.82, 2.24) is 4.98 Å². The number of aliphatic hydroxyl groups excluding tert-OH is 1. The first kappa shape index (κ1) is 13.0. The lowest BCUT2D eigenvalue weighted by Crippen LogP contribution is -2.32. The van der Waals surface area contributed by atoms with E-state index in [2.05, 4.69) is 31.1 Å². The standard InChI is InChI=1S/C13H22N2O/c1-4-13(5-2,10-16)9-15-12-8-14-7-6-11(12)3/h6-8,15-16H,4-5,9-10H2,1-3H3. The Morgan fingerprint density at radius 3 is 2.56 bits per heavy atom. The highest BCUT2D eigenvalue weighted by Gasteiger charge is 2.24. The Hall–Kier alpha value is -1.09. The third kappa shape index (κ3) is 2.95. The number of aryl methyl sites for hydroxylation is 1. The minimum atomic E-state index is -0.0116. The first-order chi connectivity index (χ1) is 7.67. The summed E-state index contributed by atoms with van der Waals surface area (Å²) in [5, 5.41) is 12.9. The van der Waals surface area contributed by atoms with Crippen LogP contribution in [0.25, 0.3) is 0 Å². The zero-order valence-electron chi connectivity index (χ0n) is 10.5. The number of pyridine rings is 1. The van der Waals surface area contributed by atoms with E-state index < -0.39 is 0 Å². The summed E-state index contributed by atoms with van der Waals surface area (Å²) in [7, 11) is 0. The molecule has 0 bridgehead atoms. The van der Waals surface area contributed by atoms with Gasteiger partial charge in [0, 0.05) is 18.2 Å². The Morgan fingerprint density at radius 1 is 1.38 bits per heavy atom. The van der Waals surface area contributed by atoms with Crippen molar-refractivity contribution in [2.24, 2.45) is 5.41 Å². The molecule has 0 atom stereocenters. The molecule has 0 aliphatic rings. The molecule has 0 spiro atoms. The summed E-state index contributed by atoms with van der Waals surface area (Å²) in [6.07, 6.45) is 5.58. The van der Waals surface area contributed by atoms with Crippen molar-refractivity contribution in [3.63, 3.8) is 0 Å². The maximum atomic E-state index is 9.47. The summed E-state index contributed by atoms with van der Waals surface area (Å²) in [6, 6.07) is 1.99. The van der Waals surface area contributed by atoms with Crippen molar-refractivity contribution >= 4 is 5.69 Å². The number of aliphatic hydroxyl groups is 1. The van der Waals surface area contributed by atoms with Gasteiger partial charge in [0.25, 0.3) is 0 Å². The molecule has 0 fully saturated rings. The van der Waals surface area contributed by atoms with E-state index in [0.29, 0.717) is 0 Å². The van der Waals surface area contributed by atoms with Crippen LogP contribution in [0.4, 0.5) is 5.69 Å². The lowest BCUT2D eigenvalue weighted by atomic mass is 9.83. The zero-order chi connectivity index (χ0) is 12.0. The third-order valence-electron chi connectivity index (χ3n) is 3.53. The van der Waals surface area contributed by atoms with E-state index in [-0.39, 0.29) is 12.0 Å². The van der Waals surface area contributed by atoms with Gasteiger partial charge in [0.15, 0.2) is 0 Å². The normalized spacial score (nSPS) is 11.5. The van der Waals surface area contributed by atoms with Crippen LogP contribution in [0.3, 0.4) is 0 Å². The Kier molecular flexibility index (Phi) is 4.74. The molecule has 3 nitrogen and oxygen atoms in total. The van der Waals surface area contributed by atoms with E-state index in [1.54, 1.807) is 6.20 Å². The first-order valence-corrected chi connectivity index (χ1v) is 5.93. The van der Waals surface area contributed by atoms with Gasteiger partial charge in [0.2, 0.25) is 0 Å². The summed E-state index contributed by atoms with van der Waals surface area (Å²) >= 11 is 0. The average Bonchev–Trinajstić information content (AvgIpc) is 2.34. The Labute approximate surface area is 97.9 Å². The molecule has 0 unspecified atom stereocenters. The second kappa shape index (κ2) is 5.85. The number of nitrogens with zero attached hydrogens (tertiary/aromatic N) is 1. The van der Waals surface area contributed by atoms with Crippen molar-refractivity contribution in [3.8, 4) is 0 Å². The number of rotatable bonds is 6. The Morgan fingerprint density at radius 2 is 2.06 bits per heavy atom. The molecule has 0 aliphatic carbocycles. The molecule has 0 aliphatic heterocycles. The van der Waals surface area contributed by atoms with Crippen LogP contribution < -0.4 is 5.32 Å². The van der Waals surface area contributed by atoms with Gasteiger partial charge in [-0.05, 0) is 31.4 Å². The van der Waals surface area contributed by atoms with Crippen molar-refractivity contribution in [2.45, 2.75) is 33.6 Å². The highest BCUT2D eigenvalue weighted by atomic mass is 16.3. The second-order valence-electron chi connectivity index (χ2n) is 4.41. The van der Waals surface area contributed by atoms with Crippen LogP contribution in [0.5, 0.6) is 0 Å². The van der Waals surface area contributed by atoms with Crippen LogP contribution in [0, 0.1) is 12.3 Å². The average molecular weight is 222 g/mol. The van der Waals surface area contributed by atoms with Gasteiger partial charge in [-0.25, -0.2) is 0 Å². The molecule has 3 heteroatoms. The molecule has 1 heterocycles. The summed E-state index contributed by atoms with van der Waals surface area (Å²) in [4.78, 5) is 4.10. The quantitative estimate of drug-likeness (QED) is 0.777. The highest BCUT2D eigenvalue weighted by Crippen LogP contribution is 2.26. The van der Waals surface area contributed by atoms with Gasteiger partial charge in [-0.2, -0.15) is 0 Å². The Bertz CT molecular complexity index is 313. The van der Waals surface area contributed by atoms with E-state index in [9.17, 15) is 5.11 Å². The van der Waals surface area contributed by atoms with Gasteiger partial charge >= 0.3 is 0 Å². The molecule has 90 valence electrons. The lowest BCUT2D eigenvalue weighted by molar-refractivity contribution is 0.127. The molecule has 0 saturated heterocycles. The van der Waals surface area contributed by atoms with Crippen molar-refractivity contribution in [2.75, 3.05) is 18.5 Å². The van der Waals surface area contributed by atoms with E-state index in [4.69, 9.17) is 0 Å². The minimum Gasteiger partial charge on any atom is -0.396 e. The predicted molar refractivity (Wildman–Crippen MR) is 67.6 cm³/mol. The van der Waals surface area contributed by atoms with E-state index >= 15 is 0 Å². The van der Waals surface area contributed by atoms with Gasteiger partial charge in [0.1, 0.15) is 0 Å². The van der Waals surface area contributed by atoms with E-state index in [0.717, 1.165) is 25.1 Å². The Balaban J connectivity index is 2.66. The molecule has 1 aromatic heterocycles. The first-order valence-electron chi connectivity index (χ1n) is 5.93. The predicted octanol–water partition coefficient (Wildman–Crippen LogP) is 2.60. The topological polar surface area (TPSA) is 45.1 Å². The minimum absolute atomic E-state index is 0.0116. The molecule has 1 aromatic rings. The van der Waals surface area contributed by atoms with Crippen LogP contribution in [0.2, 0.25) is 0 Å². The molecule has 2 N–H and O–H groups in total. The number of hydrogen-bond donors (Lipinski definition) is 2. The van der Waals surface area contributed by atoms with Gasteiger partial charge < -0.3 is 10.4 Å². The molecule has 0 amide bonds. The molecule has 16 heavy (non-hydrogen) atoms. The van der Waals surface area contributed by atoms with Gasteiger partial charge in [0.05, 0.1) is 18.5 Å². The largest absolute Gasteiger partial charge is 0.396 e. The molecule has 0 aromatic carbocycles. The fraction of sp³-hybridized carbons (Fsp3) is 0.615. The second-order valence-corrected chi connectivity index (χ2v) is 4.41. The molecular weight excluding hydrogens is 200 g/mol. The molecular formula is C13H22N2O. The van der Waals surface area contributed by atoms with Crippen LogP contribution >= 0.6 is 0 Å². The fourth-order valence-corrected chi connectivity index (χ4v) is 1.71. The van der Waals surface area contributed by atoms with Gasteiger partial charge in [-0.3, -0.25) is 4.98 Å². The van der Waals surface area contributed by atoms with Gasteiger partial charge in [-0.15, -0.1) is 0 Å². The number of nitrogens with one attached hydrogen (secondary N) is 1. The maximum Gasteiger partial charge on any atom is 0.0556 e. The van der Waals surface area contributed by atoms with Crippen LogP contribution in [0.1, 0.15) is 32.3 Å². The van der Waals surface area contributed by atoms with Gasteiger partial charge in [-0.1, -0.05) is 13.8 Å². The number of hydrogen-bond acceptors (Lipinski definition) is 3. The number of aromatic nitrogens is 1. The fourth-order valence-electron chi connectivity index (χ4n) is 1.71. The third-order valence-corrected chi connectivity index (χ3v) is 3.53.